The Bertz CT molecular complexity index is 442. The zero-order chi connectivity index (χ0) is 14.8. The van der Waals surface area contributed by atoms with Crippen molar-refractivity contribution in [2.75, 3.05) is 7.11 Å². The summed E-state index contributed by atoms with van der Waals surface area (Å²) in [5.74, 6) is -0.966. The Morgan fingerprint density at radius 3 is 2.50 bits per heavy atom. The van der Waals surface area contributed by atoms with Crippen LogP contribution in [0.3, 0.4) is 0 Å². The van der Waals surface area contributed by atoms with Crippen molar-refractivity contribution in [2.24, 2.45) is 11.8 Å². The number of halogens is 3. The van der Waals surface area contributed by atoms with Gasteiger partial charge < -0.3 is 9.84 Å². The second-order valence-corrected chi connectivity index (χ2v) is 5.19. The second-order valence-electron chi connectivity index (χ2n) is 5.19. The maximum atomic E-state index is 12.6. The molecule has 0 aromatic carbocycles. The van der Waals surface area contributed by atoms with E-state index in [1.54, 1.807) is 18.3 Å². The topological polar surface area (TPSA) is 42.4 Å². The minimum absolute atomic E-state index is 0.0698. The Hall–Kier alpha value is -1.30. The molecular weight excluding hydrogens is 271 g/mol. The van der Waals surface area contributed by atoms with Crippen molar-refractivity contribution in [3.05, 3.63) is 24.0 Å². The van der Waals surface area contributed by atoms with Crippen LogP contribution in [0.2, 0.25) is 0 Å². The summed E-state index contributed by atoms with van der Waals surface area (Å²) in [6.07, 6.45) is -2.61. The predicted octanol–water partition coefficient (Wildman–Crippen LogP) is 3.49. The number of ether oxygens (including phenoxy) is 1. The average molecular weight is 289 g/mol. The van der Waals surface area contributed by atoms with Crippen molar-refractivity contribution in [2.45, 2.75) is 38.0 Å². The molecule has 2 rings (SSSR count). The van der Waals surface area contributed by atoms with E-state index in [1.165, 1.54) is 7.11 Å². The van der Waals surface area contributed by atoms with Crippen LogP contribution in [0.5, 0.6) is 5.75 Å². The molecule has 3 nitrogen and oxygen atoms in total. The van der Waals surface area contributed by atoms with E-state index in [9.17, 15) is 18.3 Å². The van der Waals surface area contributed by atoms with Gasteiger partial charge in [-0.3, -0.25) is 4.98 Å². The molecule has 1 aliphatic carbocycles. The fourth-order valence-electron chi connectivity index (χ4n) is 2.78. The van der Waals surface area contributed by atoms with Crippen LogP contribution in [0.15, 0.2) is 18.3 Å². The molecule has 0 aliphatic heterocycles. The van der Waals surface area contributed by atoms with Crippen LogP contribution in [-0.2, 0) is 0 Å². The van der Waals surface area contributed by atoms with Crippen molar-refractivity contribution in [1.82, 2.24) is 4.98 Å². The molecule has 1 fully saturated rings. The van der Waals surface area contributed by atoms with Gasteiger partial charge in [-0.25, -0.2) is 0 Å². The largest absolute Gasteiger partial charge is 0.495 e. The van der Waals surface area contributed by atoms with Gasteiger partial charge in [-0.15, -0.1) is 0 Å². The van der Waals surface area contributed by atoms with Crippen LogP contribution in [0.4, 0.5) is 13.2 Å². The third-order valence-electron chi connectivity index (χ3n) is 3.98. The number of nitrogens with zero attached hydrogens (tertiary/aromatic N) is 1. The number of methoxy groups -OCH3 is 1. The highest BCUT2D eigenvalue weighted by Gasteiger charge is 2.42. The Labute approximate surface area is 115 Å². The highest BCUT2D eigenvalue weighted by Crippen LogP contribution is 2.43. The van der Waals surface area contributed by atoms with Crippen molar-refractivity contribution in [3.8, 4) is 5.75 Å². The molecule has 6 heteroatoms. The smallest absolute Gasteiger partial charge is 0.391 e. The molecule has 20 heavy (non-hydrogen) atoms. The summed E-state index contributed by atoms with van der Waals surface area (Å²) < 4.78 is 43.0. The van der Waals surface area contributed by atoms with Crippen LogP contribution < -0.4 is 4.74 Å². The summed E-state index contributed by atoms with van der Waals surface area (Å²) >= 11 is 0. The number of aliphatic hydroxyl groups excluding tert-OH is 1. The van der Waals surface area contributed by atoms with Crippen molar-refractivity contribution < 1.29 is 23.0 Å². The van der Waals surface area contributed by atoms with Gasteiger partial charge in [-0.05, 0) is 43.7 Å². The number of aromatic nitrogens is 1. The van der Waals surface area contributed by atoms with E-state index in [-0.39, 0.29) is 18.8 Å². The lowest BCUT2D eigenvalue weighted by atomic mass is 9.78. The Morgan fingerprint density at radius 1 is 1.30 bits per heavy atom. The number of hydrogen-bond donors (Lipinski definition) is 1. The molecule has 1 saturated carbocycles. The predicted molar refractivity (Wildman–Crippen MR) is 67.3 cm³/mol. The highest BCUT2D eigenvalue weighted by molar-refractivity contribution is 5.29. The molecule has 0 radical (unpaired) electrons. The monoisotopic (exact) mass is 289 g/mol. The van der Waals surface area contributed by atoms with Crippen LogP contribution >= 0.6 is 0 Å². The molecule has 1 aromatic heterocycles. The summed E-state index contributed by atoms with van der Waals surface area (Å²) in [7, 11) is 1.48. The number of aliphatic hydroxyl groups is 1. The zero-order valence-corrected chi connectivity index (χ0v) is 11.2. The van der Waals surface area contributed by atoms with E-state index in [0.29, 0.717) is 24.3 Å². The standard InChI is InChI=1S/C14H18F3NO2/c1-20-11-3-2-8-18-12(11)13(19)9-4-6-10(7-5-9)14(15,16)17/h2-3,8-10,13,19H,4-7H2,1H3. The van der Waals surface area contributed by atoms with E-state index in [1.807, 2.05) is 0 Å². The Morgan fingerprint density at radius 2 is 1.95 bits per heavy atom. The lowest BCUT2D eigenvalue weighted by Crippen LogP contribution is -2.29. The fourth-order valence-corrected chi connectivity index (χ4v) is 2.78. The summed E-state index contributed by atoms with van der Waals surface area (Å²) in [5, 5.41) is 10.3. The van der Waals surface area contributed by atoms with Gasteiger partial charge in [0.15, 0.2) is 0 Å². The number of rotatable bonds is 3. The van der Waals surface area contributed by atoms with Crippen LogP contribution in [0, 0.1) is 11.8 Å². The van der Waals surface area contributed by atoms with Crippen molar-refractivity contribution in [1.29, 1.82) is 0 Å². The minimum Gasteiger partial charge on any atom is -0.495 e. The maximum Gasteiger partial charge on any atom is 0.391 e. The first-order valence-electron chi connectivity index (χ1n) is 6.67. The van der Waals surface area contributed by atoms with E-state index >= 15 is 0 Å². The highest BCUT2D eigenvalue weighted by atomic mass is 19.4. The summed E-state index contributed by atoms with van der Waals surface area (Å²) in [6, 6.07) is 3.38. The fraction of sp³-hybridized carbons (Fsp3) is 0.643. The Kier molecular flexibility index (Phi) is 4.52. The molecule has 0 bridgehead atoms. The van der Waals surface area contributed by atoms with E-state index in [4.69, 9.17) is 4.74 Å². The first-order valence-corrected chi connectivity index (χ1v) is 6.67. The quantitative estimate of drug-likeness (QED) is 0.926. The van der Waals surface area contributed by atoms with Gasteiger partial charge in [0, 0.05) is 6.20 Å². The molecule has 0 amide bonds. The normalized spacial score (nSPS) is 25.2. The van der Waals surface area contributed by atoms with Gasteiger partial charge in [0.05, 0.1) is 13.0 Å². The minimum atomic E-state index is -4.13. The van der Waals surface area contributed by atoms with Crippen molar-refractivity contribution >= 4 is 0 Å². The molecule has 0 spiro atoms. The van der Waals surface area contributed by atoms with Crippen molar-refractivity contribution in [3.63, 3.8) is 0 Å². The Balaban J connectivity index is 2.03. The number of alkyl halides is 3. The summed E-state index contributed by atoms with van der Waals surface area (Å²) in [5.41, 5.74) is 0.408. The second kappa shape index (κ2) is 5.99. The molecular formula is C14H18F3NO2. The van der Waals surface area contributed by atoms with Crippen LogP contribution in [0.25, 0.3) is 0 Å². The maximum absolute atomic E-state index is 12.6. The van der Waals surface area contributed by atoms with Gasteiger partial charge in [-0.2, -0.15) is 13.2 Å². The molecule has 1 unspecified atom stereocenters. The first-order chi connectivity index (χ1) is 9.43. The summed E-state index contributed by atoms with van der Waals surface area (Å²) in [4.78, 5) is 4.10. The number of hydrogen-bond acceptors (Lipinski definition) is 3. The van der Waals surface area contributed by atoms with Gasteiger partial charge >= 0.3 is 6.18 Å². The summed E-state index contributed by atoms with van der Waals surface area (Å²) in [6.45, 7) is 0. The molecule has 1 heterocycles. The molecule has 1 aromatic rings. The van der Waals surface area contributed by atoms with Gasteiger partial charge in [0.25, 0.3) is 0 Å². The molecule has 1 aliphatic rings. The molecule has 1 atom stereocenters. The average Bonchev–Trinajstić information content (AvgIpc) is 2.45. The van der Waals surface area contributed by atoms with Gasteiger partial charge in [-0.1, -0.05) is 0 Å². The van der Waals surface area contributed by atoms with Crippen LogP contribution in [-0.4, -0.2) is 23.4 Å². The van der Waals surface area contributed by atoms with Crippen LogP contribution in [0.1, 0.15) is 37.5 Å². The third-order valence-corrected chi connectivity index (χ3v) is 3.98. The van der Waals surface area contributed by atoms with Gasteiger partial charge in [0.2, 0.25) is 0 Å². The third kappa shape index (κ3) is 3.23. The lowest BCUT2D eigenvalue weighted by Gasteiger charge is -2.32. The first kappa shape index (κ1) is 15.1. The lowest BCUT2D eigenvalue weighted by molar-refractivity contribution is -0.185. The molecule has 0 saturated heterocycles. The number of pyridine rings is 1. The SMILES string of the molecule is COc1cccnc1C(O)C1CCC(C(F)(F)F)CC1. The van der Waals surface area contributed by atoms with E-state index < -0.39 is 18.2 Å². The zero-order valence-electron chi connectivity index (χ0n) is 11.2. The van der Waals surface area contributed by atoms with E-state index in [2.05, 4.69) is 4.98 Å². The molecule has 1 N–H and O–H groups in total. The van der Waals surface area contributed by atoms with E-state index in [0.717, 1.165) is 0 Å². The molecule has 112 valence electrons. The van der Waals surface area contributed by atoms with Gasteiger partial charge in [0.1, 0.15) is 17.5 Å².